The van der Waals surface area contributed by atoms with Gasteiger partial charge in [-0.3, -0.25) is 0 Å². The van der Waals surface area contributed by atoms with Crippen molar-refractivity contribution in [3.05, 3.63) is 40.2 Å². The Kier molecular flexibility index (Phi) is 5.76. The van der Waals surface area contributed by atoms with E-state index in [9.17, 15) is 0 Å². The lowest BCUT2D eigenvalue weighted by Crippen LogP contribution is -2.23. The van der Waals surface area contributed by atoms with E-state index in [4.69, 9.17) is 31.4 Å². The van der Waals surface area contributed by atoms with Crippen LogP contribution in [0.5, 0.6) is 0 Å². The number of hydrogen-bond donors (Lipinski definition) is 2. The molecule has 122 valence electrons. The molecule has 0 bridgehead atoms. The van der Waals surface area contributed by atoms with Gasteiger partial charge >= 0.3 is 11.9 Å². The second kappa shape index (κ2) is 7.59. The summed E-state index contributed by atoms with van der Waals surface area (Å²) in [6.45, 7) is 2.19. The first-order valence-corrected chi connectivity index (χ1v) is 8.15. The number of hydrogen-bond acceptors (Lipinski definition) is 4. The van der Waals surface area contributed by atoms with Gasteiger partial charge in [0.1, 0.15) is 0 Å². The molecule has 2 heterocycles. The molecule has 0 saturated heterocycles. The first kappa shape index (κ1) is 17.5. The van der Waals surface area contributed by atoms with Crippen LogP contribution in [0.4, 0.5) is 0 Å². The van der Waals surface area contributed by atoms with Gasteiger partial charge in [-0.1, -0.05) is 17.7 Å². The number of carboxylic acid groups (broad SMARTS) is 2. The van der Waals surface area contributed by atoms with Crippen molar-refractivity contribution in [3.63, 3.8) is 0 Å². The number of carbonyl (C=O) groups is 2. The predicted molar refractivity (Wildman–Crippen MR) is 92.2 cm³/mol. The Labute approximate surface area is 142 Å². The zero-order valence-electron chi connectivity index (χ0n) is 12.5. The summed E-state index contributed by atoms with van der Waals surface area (Å²) in [4.78, 5) is 20.5. The molecule has 0 unspecified atom stereocenters. The van der Waals surface area contributed by atoms with E-state index in [1.165, 1.54) is 21.2 Å². The van der Waals surface area contributed by atoms with Crippen LogP contribution < -0.4 is 0 Å². The molecule has 1 aliphatic rings. The molecule has 3 rings (SSSR count). The van der Waals surface area contributed by atoms with E-state index in [0.29, 0.717) is 0 Å². The second-order valence-corrected chi connectivity index (χ2v) is 6.49. The average Bonchev–Trinajstić information content (AvgIpc) is 2.91. The van der Waals surface area contributed by atoms with Crippen molar-refractivity contribution in [3.8, 4) is 0 Å². The molecule has 7 heteroatoms. The summed E-state index contributed by atoms with van der Waals surface area (Å²) in [5, 5.41) is 19.2. The molecule has 5 nitrogen and oxygen atoms in total. The monoisotopic (exact) mass is 353 g/mol. The van der Waals surface area contributed by atoms with E-state index >= 15 is 0 Å². The van der Waals surface area contributed by atoms with Gasteiger partial charge in [-0.2, -0.15) is 0 Å². The van der Waals surface area contributed by atoms with E-state index < -0.39 is 11.9 Å². The molecule has 0 radical (unpaired) electrons. The van der Waals surface area contributed by atoms with Crippen LogP contribution in [0.3, 0.4) is 0 Å². The molecular weight excluding hydrogens is 338 g/mol. The maximum Gasteiger partial charge on any atom is 0.414 e. The maximum absolute atomic E-state index is 9.10. The third-order valence-electron chi connectivity index (χ3n) is 3.48. The first-order valence-electron chi connectivity index (χ1n) is 6.89. The quantitative estimate of drug-likeness (QED) is 0.768. The van der Waals surface area contributed by atoms with Crippen LogP contribution in [-0.4, -0.2) is 47.2 Å². The molecule has 1 aliphatic heterocycles. The first-order chi connectivity index (χ1) is 10.9. The molecule has 1 aromatic carbocycles. The molecule has 0 spiro atoms. The van der Waals surface area contributed by atoms with Gasteiger partial charge in [0.25, 0.3) is 0 Å². The predicted octanol–water partition coefficient (Wildman–Crippen LogP) is 3.43. The normalized spacial score (nSPS) is 14.8. The SMILES string of the molecule is CN1CC=C(c2csc3ccc(Cl)cc23)CC1.O=C(O)C(=O)O. The number of benzene rings is 1. The highest BCUT2D eigenvalue weighted by Gasteiger charge is 2.13. The minimum absolute atomic E-state index is 0.825. The molecular formula is C16H16ClNO4S. The van der Waals surface area contributed by atoms with Gasteiger partial charge in [-0.15, -0.1) is 11.3 Å². The van der Waals surface area contributed by atoms with Gasteiger partial charge in [-0.05, 0) is 48.2 Å². The lowest BCUT2D eigenvalue weighted by atomic mass is 9.99. The molecule has 0 amide bonds. The molecule has 0 fully saturated rings. The minimum atomic E-state index is -1.82. The van der Waals surface area contributed by atoms with E-state index in [1.807, 2.05) is 6.07 Å². The van der Waals surface area contributed by atoms with Crippen LogP contribution in [0.2, 0.25) is 5.02 Å². The van der Waals surface area contributed by atoms with E-state index in [-0.39, 0.29) is 0 Å². The summed E-state index contributed by atoms with van der Waals surface area (Å²) in [5.74, 6) is -3.65. The number of halogens is 1. The summed E-state index contributed by atoms with van der Waals surface area (Å²) in [6.07, 6.45) is 3.47. The Bertz CT molecular complexity index is 757. The number of thiophene rings is 1. The largest absolute Gasteiger partial charge is 0.473 e. The van der Waals surface area contributed by atoms with Gasteiger partial charge in [0.2, 0.25) is 0 Å². The number of fused-ring (bicyclic) bond motifs is 1. The molecule has 0 atom stereocenters. The van der Waals surface area contributed by atoms with Crippen molar-refractivity contribution in [2.24, 2.45) is 0 Å². The zero-order valence-corrected chi connectivity index (χ0v) is 14.0. The second-order valence-electron chi connectivity index (χ2n) is 5.14. The number of aliphatic carboxylic acids is 2. The van der Waals surface area contributed by atoms with E-state index in [0.717, 1.165) is 24.5 Å². The third kappa shape index (κ3) is 4.54. The average molecular weight is 354 g/mol. The summed E-state index contributed by atoms with van der Waals surface area (Å²) >= 11 is 7.89. The topological polar surface area (TPSA) is 77.8 Å². The van der Waals surface area contributed by atoms with E-state index in [2.05, 4.69) is 35.5 Å². The van der Waals surface area contributed by atoms with Crippen molar-refractivity contribution in [2.45, 2.75) is 6.42 Å². The van der Waals surface area contributed by atoms with Crippen molar-refractivity contribution >= 4 is 50.5 Å². The molecule has 2 aromatic rings. The fraction of sp³-hybridized carbons (Fsp3) is 0.250. The van der Waals surface area contributed by atoms with Crippen LogP contribution in [0.1, 0.15) is 12.0 Å². The highest BCUT2D eigenvalue weighted by atomic mass is 35.5. The molecule has 2 N–H and O–H groups in total. The Morgan fingerprint density at radius 2 is 1.96 bits per heavy atom. The zero-order chi connectivity index (χ0) is 17.0. The Hall–Kier alpha value is -1.89. The van der Waals surface area contributed by atoms with Crippen LogP contribution in [0.25, 0.3) is 15.7 Å². The minimum Gasteiger partial charge on any atom is -0.473 e. The van der Waals surface area contributed by atoms with Crippen molar-refractivity contribution in [1.82, 2.24) is 4.90 Å². The van der Waals surface area contributed by atoms with Crippen molar-refractivity contribution < 1.29 is 19.8 Å². The summed E-state index contributed by atoms with van der Waals surface area (Å²) < 4.78 is 1.32. The Morgan fingerprint density at radius 1 is 1.26 bits per heavy atom. The molecule has 0 saturated carbocycles. The smallest absolute Gasteiger partial charge is 0.414 e. The van der Waals surface area contributed by atoms with Crippen molar-refractivity contribution in [1.29, 1.82) is 0 Å². The molecule has 23 heavy (non-hydrogen) atoms. The van der Waals surface area contributed by atoms with Gasteiger partial charge in [0.05, 0.1) is 0 Å². The van der Waals surface area contributed by atoms with Crippen LogP contribution in [-0.2, 0) is 9.59 Å². The van der Waals surface area contributed by atoms with Crippen LogP contribution in [0.15, 0.2) is 29.7 Å². The molecule has 1 aromatic heterocycles. The van der Waals surface area contributed by atoms with Gasteiger partial charge in [0, 0.05) is 28.2 Å². The summed E-state index contributed by atoms with van der Waals surface area (Å²) in [7, 11) is 2.16. The fourth-order valence-corrected chi connectivity index (χ4v) is 3.40. The highest BCUT2D eigenvalue weighted by Crippen LogP contribution is 2.34. The third-order valence-corrected chi connectivity index (χ3v) is 4.68. The van der Waals surface area contributed by atoms with Gasteiger partial charge in [0.15, 0.2) is 0 Å². The van der Waals surface area contributed by atoms with Gasteiger partial charge < -0.3 is 15.1 Å². The van der Waals surface area contributed by atoms with Crippen LogP contribution in [0, 0.1) is 0 Å². The number of carboxylic acids is 2. The lowest BCUT2D eigenvalue weighted by Gasteiger charge is -2.21. The van der Waals surface area contributed by atoms with E-state index in [1.54, 1.807) is 11.3 Å². The highest BCUT2D eigenvalue weighted by molar-refractivity contribution is 7.17. The summed E-state index contributed by atoms with van der Waals surface area (Å²) in [5.41, 5.74) is 2.84. The Morgan fingerprint density at radius 3 is 2.52 bits per heavy atom. The van der Waals surface area contributed by atoms with Gasteiger partial charge in [-0.25, -0.2) is 9.59 Å². The lowest BCUT2D eigenvalue weighted by molar-refractivity contribution is -0.159. The molecule has 0 aliphatic carbocycles. The number of likely N-dealkylation sites (N-methyl/N-ethyl adjacent to an activating group) is 1. The number of nitrogens with zero attached hydrogens (tertiary/aromatic N) is 1. The van der Waals surface area contributed by atoms with Crippen LogP contribution >= 0.6 is 22.9 Å². The standard InChI is InChI=1S/C14H14ClNS.C2H2O4/c1-16-6-4-10(5-7-16)13-9-17-14-3-2-11(15)8-12(13)14;3-1(4)2(5)6/h2-4,8-9H,5-7H2,1H3;(H,3,4)(H,5,6). The Balaban J connectivity index is 0.000000277. The maximum atomic E-state index is 9.10. The number of rotatable bonds is 1. The summed E-state index contributed by atoms with van der Waals surface area (Å²) in [6, 6.07) is 6.16. The van der Waals surface area contributed by atoms with Crippen molar-refractivity contribution in [2.75, 3.05) is 20.1 Å². The fourth-order valence-electron chi connectivity index (χ4n) is 2.27.